The molecule has 1 heterocycles. The van der Waals surface area contributed by atoms with Gasteiger partial charge in [-0.15, -0.1) is 0 Å². The molecule has 2 rings (SSSR count). The van der Waals surface area contributed by atoms with Crippen LogP contribution in [0.15, 0.2) is 40.0 Å². The molecule has 1 aromatic carbocycles. The molecule has 0 radical (unpaired) electrons. The molecule has 98 valence electrons. The average molecular weight is 262 g/mol. The Morgan fingerprint density at radius 3 is 2.95 bits per heavy atom. The number of rotatable bonds is 3. The normalized spacial score (nSPS) is 10.8. The second-order valence-corrected chi connectivity index (χ2v) is 3.77. The van der Waals surface area contributed by atoms with Crippen LogP contribution in [0.3, 0.4) is 0 Å². The van der Waals surface area contributed by atoms with E-state index >= 15 is 0 Å². The van der Waals surface area contributed by atoms with Gasteiger partial charge in [-0.25, -0.2) is 9.82 Å². The van der Waals surface area contributed by atoms with Crippen LogP contribution in [0.25, 0.3) is 0 Å². The Morgan fingerprint density at radius 2 is 2.26 bits per heavy atom. The molecule has 0 aliphatic heterocycles. The smallest absolute Gasteiger partial charge is 0.274 e. The first kappa shape index (κ1) is 12.8. The molecule has 2 aromatic rings. The fourth-order valence-corrected chi connectivity index (χ4v) is 1.48. The second-order valence-electron chi connectivity index (χ2n) is 3.77. The van der Waals surface area contributed by atoms with E-state index in [0.717, 1.165) is 12.3 Å². The molecule has 0 atom stereocenters. The predicted octanol–water partition coefficient (Wildman–Crippen LogP) is 2.20. The van der Waals surface area contributed by atoms with Crippen molar-refractivity contribution in [1.29, 1.82) is 0 Å². The summed E-state index contributed by atoms with van der Waals surface area (Å²) < 4.78 is 18.0. The zero-order chi connectivity index (χ0) is 13.8. The van der Waals surface area contributed by atoms with Gasteiger partial charge in [0.15, 0.2) is 11.6 Å². The lowest BCUT2D eigenvalue weighted by atomic mass is 10.2. The number of hydrogen-bond donors (Lipinski definition) is 2. The van der Waals surface area contributed by atoms with Crippen LogP contribution in [-0.2, 0) is 0 Å². The van der Waals surface area contributed by atoms with Crippen molar-refractivity contribution < 1.29 is 18.7 Å². The van der Waals surface area contributed by atoms with Crippen LogP contribution in [0.2, 0.25) is 0 Å². The highest BCUT2D eigenvalue weighted by Gasteiger charge is 2.10. The highest BCUT2D eigenvalue weighted by molar-refractivity contribution is 5.95. The van der Waals surface area contributed by atoms with E-state index in [2.05, 4.69) is 10.5 Å². The van der Waals surface area contributed by atoms with E-state index in [-0.39, 0.29) is 5.56 Å². The van der Waals surface area contributed by atoms with Crippen LogP contribution < -0.4 is 5.43 Å². The van der Waals surface area contributed by atoms with Gasteiger partial charge < -0.3 is 9.52 Å². The van der Waals surface area contributed by atoms with E-state index in [1.807, 2.05) is 0 Å². The van der Waals surface area contributed by atoms with Gasteiger partial charge in [-0.3, -0.25) is 4.79 Å². The Bertz CT molecular complexity index is 635. The van der Waals surface area contributed by atoms with Crippen molar-refractivity contribution >= 4 is 12.1 Å². The largest absolute Gasteiger partial charge is 0.504 e. The number of aromatic hydroxyl groups is 1. The van der Waals surface area contributed by atoms with Gasteiger partial charge in [0, 0.05) is 5.56 Å². The molecule has 0 aliphatic carbocycles. The number of benzene rings is 1. The Kier molecular flexibility index (Phi) is 3.61. The molecule has 1 aromatic heterocycles. The number of hydrazone groups is 1. The van der Waals surface area contributed by atoms with E-state index < -0.39 is 17.5 Å². The summed E-state index contributed by atoms with van der Waals surface area (Å²) >= 11 is 0. The topological polar surface area (TPSA) is 74.8 Å². The lowest BCUT2D eigenvalue weighted by Crippen LogP contribution is -2.17. The number of aryl methyl sites for hydroxylation is 1. The van der Waals surface area contributed by atoms with Crippen molar-refractivity contribution in [3.63, 3.8) is 0 Å². The van der Waals surface area contributed by atoms with E-state index in [1.165, 1.54) is 24.5 Å². The summed E-state index contributed by atoms with van der Waals surface area (Å²) in [6, 6.07) is 5.54. The van der Waals surface area contributed by atoms with Crippen LogP contribution in [0.4, 0.5) is 4.39 Å². The maximum Gasteiger partial charge on any atom is 0.274 e. The van der Waals surface area contributed by atoms with E-state index in [9.17, 15) is 14.3 Å². The monoisotopic (exact) mass is 262 g/mol. The third kappa shape index (κ3) is 2.79. The molecule has 1 amide bonds. The van der Waals surface area contributed by atoms with Gasteiger partial charge in [0.05, 0.1) is 18.0 Å². The van der Waals surface area contributed by atoms with E-state index in [4.69, 9.17) is 4.42 Å². The van der Waals surface area contributed by atoms with Crippen molar-refractivity contribution in [2.24, 2.45) is 5.10 Å². The highest BCUT2D eigenvalue weighted by Crippen LogP contribution is 2.18. The second kappa shape index (κ2) is 5.34. The summed E-state index contributed by atoms with van der Waals surface area (Å²) in [6.45, 7) is 1.65. The van der Waals surface area contributed by atoms with Crippen molar-refractivity contribution in [1.82, 2.24) is 5.43 Å². The quantitative estimate of drug-likeness (QED) is 0.657. The summed E-state index contributed by atoms with van der Waals surface area (Å²) in [6.07, 6.45) is 2.55. The maximum atomic E-state index is 13.0. The summed E-state index contributed by atoms with van der Waals surface area (Å²) in [5, 5.41) is 13.0. The third-order valence-electron chi connectivity index (χ3n) is 2.49. The molecule has 19 heavy (non-hydrogen) atoms. The summed E-state index contributed by atoms with van der Waals surface area (Å²) in [5.74, 6) is -1.24. The number of phenolic OH excluding ortho intramolecular Hbond substituents is 1. The zero-order valence-electron chi connectivity index (χ0n) is 10.1. The molecule has 5 nitrogen and oxygen atoms in total. The summed E-state index contributed by atoms with van der Waals surface area (Å²) in [5.41, 5.74) is 2.79. The van der Waals surface area contributed by atoms with Crippen LogP contribution in [0.1, 0.15) is 21.7 Å². The van der Waals surface area contributed by atoms with Crippen molar-refractivity contribution in [2.45, 2.75) is 6.92 Å². The number of para-hydroxylation sites is 1. The maximum absolute atomic E-state index is 13.0. The van der Waals surface area contributed by atoms with Crippen molar-refractivity contribution in [2.75, 3.05) is 0 Å². The zero-order valence-corrected chi connectivity index (χ0v) is 10.1. The van der Waals surface area contributed by atoms with E-state index in [0.29, 0.717) is 11.3 Å². The number of phenols is 1. The van der Waals surface area contributed by atoms with Crippen LogP contribution in [0.5, 0.6) is 5.75 Å². The van der Waals surface area contributed by atoms with Crippen LogP contribution >= 0.6 is 0 Å². The van der Waals surface area contributed by atoms with Crippen LogP contribution in [0, 0.1) is 12.7 Å². The fraction of sp³-hybridized carbons (Fsp3) is 0.0769. The lowest BCUT2D eigenvalue weighted by molar-refractivity contribution is 0.0953. The Balaban J connectivity index is 2.07. The molecule has 6 heteroatoms. The molecule has 0 aliphatic rings. The van der Waals surface area contributed by atoms with Gasteiger partial charge in [0.25, 0.3) is 5.91 Å². The minimum absolute atomic E-state index is 0.171. The van der Waals surface area contributed by atoms with Gasteiger partial charge in [-0.1, -0.05) is 6.07 Å². The molecular formula is C13H11FN2O3. The Hall–Kier alpha value is -2.63. The first-order valence-corrected chi connectivity index (χ1v) is 5.44. The van der Waals surface area contributed by atoms with E-state index in [1.54, 1.807) is 6.92 Å². The summed E-state index contributed by atoms with van der Waals surface area (Å²) in [4.78, 5) is 11.6. The number of halogens is 1. The number of carbonyl (C=O) groups is 1. The minimum Gasteiger partial charge on any atom is -0.504 e. The van der Waals surface area contributed by atoms with Gasteiger partial charge in [0.1, 0.15) is 5.76 Å². The van der Waals surface area contributed by atoms with Gasteiger partial charge in [0.2, 0.25) is 0 Å². The Morgan fingerprint density at radius 1 is 1.47 bits per heavy atom. The third-order valence-corrected chi connectivity index (χ3v) is 2.49. The van der Waals surface area contributed by atoms with Gasteiger partial charge in [-0.05, 0) is 25.1 Å². The fourth-order valence-electron chi connectivity index (χ4n) is 1.48. The Labute approximate surface area is 108 Å². The SMILES string of the molecule is Cc1occc1C(=O)N/N=C\c1cccc(F)c1O. The first-order chi connectivity index (χ1) is 9.09. The number of carbonyl (C=O) groups excluding carboxylic acids is 1. The van der Waals surface area contributed by atoms with Crippen molar-refractivity contribution in [3.05, 3.63) is 53.2 Å². The predicted molar refractivity (Wildman–Crippen MR) is 66.6 cm³/mol. The number of furan rings is 1. The molecule has 0 saturated heterocycles. The molecular weight excluding hydrogens is 251 g/mol. The molecule has 2 N–H and O–H groups in total. The van der Waals surface area contributed by atoms with Gasteiger partial charge >= 0.3 is 0 Å². The number of amides is 1. The van der Waals surface area contributed by atoms with Crippen molar-refractivity contribution in [3.8, 4) is 5.75 Å². The number of hydrogen-bond acceptors (Lipinski definition) is 4. The standard InChI is InChI=1S/C13H11FN2O3/c1-8-10(5-6-19-8)13(18)16-15-7-9-3-2-4-11(14)12(9)17/h2-7,17H,1H3,(H,16,18)/b15-7-. The minimum atomic E-state index is -0.749. The highest BCUT2D eigenvalue weighted by atomic mass is 19.1. The lowest BCUT2D eigenvalue weighted by Gasteiger charge is -2.00. The molecule has 0 spiro atoms. The molecule has 0 saturated carbocycles. The molecule has 0 fully saturated rings. The van der Waals surface area contributed by atoms with Crippen LogP contribution in [-0.4, -0.2) is 17.2 Å². The van der Waals surface area contributed by atoms with Gasteiger partial charge in [-0.2, -0.15) is 5.10 Å². The summed E-state index contributed by atoms with van der Waals surface area (Å²) in [7, 11) is 0. The average Bonchev–Trinajstić information content (AvgIpc) is 2.81. The number of nitrogens with zero attached hydrogens (tertiary/aromatic N) is 1. The molecule has 0 bridgehead atoms. The first-order valence-electron chi connectivity index (χ1n) is 5.44. The number of nitrogens with one attached hydrogen (secondary N) is 1. The molecule has 0 unspecified atom stereocenters.